The Morgan fingerprint density at radius 1 is 0.739 bits per heavy atom. The number of nitrogens with zero attached hydrogens (tertiary/aromatic N) is 3. The standard InChI is InChI=1S/C10H7F3N4O6S.C10H9F3N4O4S/c1-24(22,23)15-16-8(18)4-2-7(17(20)21)5(10(11,12)13)3-6(4)14-9(16)19;1-22(20,21)16-17-8(18)4-2-6(14)5(10(11,12)13)3-7(4)15-9(17)19/h2-3,15H,1H3,(H,14,19);2-3,16H,14H2,1H3,(H,15,19). The lowest BCUT2D eigenvalue weighted by atomic mass is 10.1. The van der Waals surface area contributed by atoms with Crippen LogP contribution in [0.4, 0.5) is 37.7 Å². The van der Waals surface area contributed by atoms with Gasteiger partial charge in [-0.15, -0.1) is 0 Å². The molecule has 0 unspecified atom stereocenters. The molecule has 4 rings (SSSR count). The number of aromatic nitrogens is 4. The average Bonchev–Trinajstić information content (AvgIpc) is 2.86. The van der Waals surface area contributed by atoms with Gasteiger partial charge in [-0.1, -0.05) is 0 Å². The maximum Gasteiger partial charge on any atom is 0.423 e. The van der Waals surface area contributed by atoms with Gasteiger partial charge in [-0.2, -0.15) is 35.7 Å². The average molecular weight is 707 g/mol. The number of aromatic amines is 2. The Kier molecular flexibility index (Phi) is 8.78. The van der Waals surface area contributed by atoms with Crippen LogP contribution in [0.1, 0.15) is 11.1 Å². The molecule has 26 heteroatoms. The lowest BCUT2D eigenvalue weighted by Crippen LogP contribution is -2.43. The first-order valence-electron chi connectivity index (χ1n) is 11.4. The van der Waals surface area contributed by atoms with E-state index in [1.54, 1.807) is 9.66 Å². The molecule has 0 fully saturated rings. The summed E-state index contributed by atoms with van der Waals surface area (Å²) < 4.78 is 121. The van der Waals surface area contributed by atoms with Crippen LogP contribution >= 0.6 is 0 Å². The second-order valence-electron chi connectivity index (χ2n) is 9.02. The largest absolute Gasteiger partial charge is 0.423 e. The van der Waals surface area contributed by atoms with Gasteiger partial charge < -0.3 is 15.7 Å². The minimum atomic E-state index is -5.10. The van der Waals surface area contributed by atoms with E-state index in [9.17, 15) is 72.5 Å². The molecule has 250 valence electrons. The number of nitrogens with two attached hydrogens (primary N) is 1. The second-order valence-corrected chi connectivity index (χ2v) is 12.5. The van der Waals surface area contributed by atoms with E-state index in [1.807, 2.05) is 9.97 Å². The van der Waals surface area contributed by atoms with Gasteiger partial charge >= 0.3 is 23.7 Å². The first-order valence-corrected chi connectivity index (χ1v) is 15.2. The third-order valence-electron chi connectivity index (χ3n) is 5.40. The quantitative estimate of drug-likeness (QED) is 0.0792. The number of nitrogen functional groups attached to an aromatic ring is 1. The first kappa shape index (κ1) is 35.1. The fourth-order valence-electron chi connectivity index (χ4n) is 3.65. The van der Waals surface area contributed by atoms with E-state index in [0.717, 1.165) is 6.07 Å². The van der Waals surface area contributed by atoms with E-state index < -0.39 is 98.7 Å². The Bertz CT molecular complexity index is 2380. The maximum absolute atomic E-state index is 12.9. The third kappa shape index (κ3) is 7.62. The van der Waals surface area contributed by atoms with Crippen molar-refractivity contribution in [2.75, 3.05) is 27.9 Å². The molecule has 0 aliphatic carbocycles. The number of sulfonamides is 2. The lowest BCUT2D eigenvalue weighted by Gasteiger charge is -2.12. The zero-order valence-corrected chi connectivity index (χ0v) is 24.0. The molecule has 0 bridgehead atoms. The number of anilines is 1. The van der Waals surface area contributed by atoms with Crippen LogP contribution in [0.25, 0.3) is 21.8 Å². The van der Waals surface area contributed by atoms with Crippen LogP contribution in [0.2, 0.25) is 0 Å². The van der Waals surface area contributed by atoms with Crippen molar-refractivity contribution in [3.63, 3.8) is 0 Å². The smallest absolute Gasteiger partial charge is 0.398 e. The minimum Gasteiger partial charge on any atom is -0.398 e. The summed E-state index contributed by atoms with van der Waals surface area (Å²) in [6, 6.07) is 1.78. The number of fused-ring (bicyclic) bond motifs is 2. The highest BCUT2D eigenvalue weighted by Crippen LogP contribution is 2.37. The summed E-state index contributed by atoms with van der Waals surface area (Å²) in [5.74, 6) is 0. The first-order chi connectivity index (χ1) is 20.7. The molecule has 0 amide bonds. The topological polar surface area (TPSA) is 271 Å². The molecule has 0 radical (unpaired) electrons. The predicted molar refractivity (Wildman–Crippen MR) is 147 cm³/mol. The summed E-state index contributed by atoms with van der Waals surface area (Å²) in [4.78, 5) is 63.9. The number of H-pyrrole nitrogens is 2. The van der Waals surface area contributed by atoms with Crippen molar-refractivity contribution in [3.05, 3.63) is 87.2 Å². The van der Waals surface area contributed by atoms with Gasteiger partial charge in [0.25, 0.3) is 16.8 Å². The zero-order valence-electron chi connectivity index (χ0n) is 22.4. The highest BCUT2D eigenvalue weighted by atomic mass is 32.2. The number of nitrogens with one attached hydrogen (secondary N) is 4. The minimum absolute atomic E-state index is 0.0192. The lowest BCUT2D eigenvalue weighted by molar-refractivity contribution is -0.387. The van der Waals surface area contributed by atoms with Gasteiger partial charge in [0.05, 0.1) is 44.8 Å². The summed E-state index contributed by atoms with van der Waals surface area (Å²) in [5.41, 5.74) is -5.92. The zero-order chi connectivity index (χ0) is 35.3. The summed E-state index contributed by atoms with van der Waals surface area (Å²) in [6.45, 7) is 0. The van der Waals surface area contributed by atoms with Crippen LogP contribution in [-0.2, 0) is 32.4 Å². The fraction of sp³-hybridized carbons (Fsp3) is 0.200. The number of nitro benzene ring substituents is 1. The number of rotatable bonds is 5. The van der Waals surface area contributed by atoms with Gasteiger partial charge in [0.2, 0.25) is 20.0 Å². The monoisotopic (exact) mass is 706 g/mol. The van der Waals surface area contributed by atoms with E-state index in [1.165, 1.54) is 0 Å². The number of nitro groups is 1. The molecule has 2 aromatic carbocycles. The van der Waals surface area contributed by atoms with Crippen LogP contribution in [0.5, 0.6) is 0 Å². The number of hydrogen-bond donors (Lipinski definition) is 5. The molecule has 18 nitrogen and oxygen atoms in total. The molecule has 2 aromatic heterocycles. The van der Waals surface area contributed by atoms with E-state index in [2.05, 4.69) is 0 Å². The summed E-state index contributed by atoms with van der Waals surface area (Å²) in [6.07, 6.45) is -8.55. The number of benzene rings is 2. The van der Waals surface area contributed by atoms with Gasteiger partial charge in [-0.05, 0) is 18.2 Å². The molecular formula is C20H16F6N8O10S2. The molecule has 2 heterocycles. The molecular weight excluding hydrogens is 690 g/mol. The number of alkyl halides is 6. The van der Waals surface area contributed by atoms with Crippen LogP contribution in [0, 0.1) is 10.1 Å². The molecule has 0 atom stereocenters. The van der Waals surface area contributed by atoms with Crippen molar-refractivity contribution in [3.8, 4) is 0 Å². The van der Waals surface area contributed by atoms with E-state index in [0.29, 0.717) is 24.6 Å². The molecule has 46 heavy (non-hydrogen) atoms. The van der Waals surface area contributed by atoms with Crippen LogP contribution in [0.15, 0.2) is 43.4 Å². The molecule has 0 aliphatic heterocycles. The van der Waals surface area contributed by atoms with Crippen molar-refractivity contribution in [1.29, 1.82) is 0 Å². The molecule has 0 spiro atoms. The third-order valence-corrected chi connectivity index (χ3v) is 6.43. The Morgan fingerprint density at radius 3 is 1.46 bits per heavy atom. The number of halogens is 6. The molecule has 0 aliphatic rings. The van der Waals surface area contributed by atoms with Gasteiger partial charge in [-0.25, -0.2) is 36.1 Å². The summed E-state index contributed by atoms with van der Waals surface area (Å²) in [7, 11) is -8.02. The normalized spacial score (nSPS) is 12.4. The van der Waals surface area contributed by atoms with Gasteiger partial charge in [-0.3, -0.25) is 19.7 Å². The van der Waals surface area contributed by atoms with Gasteiger partial charge in [0.15, 0.2) is 0 Å². The summed E-state index contributed by atoms with van der Waals surface area (Å²) in [5, 5.41) is 9.77. The Morgan fingerprint density at radius 2 is 1.11 bits per heavy atom. The number of hydrogen-bond acceptors (Lipinski definition) is 11. The highest BCUT2D eigenvalue weighted by molar-refractivity contribution is 7.91. The SMILES string of the molecule is CS(=O)(=O)Nn1c(=O)[nH]c2cc(C(F)(F)F)c(N)cc2c1=O.CS(=O)(=O)Nn1c(=O)[nH]c2cc(C(F)(F)F)c([N+](=O)[O-])cc2c1=O. The van der Waals surface area contributed by atoms with E-state index >= 15 is 0 Å². The van der Waals surface area contributed by atoms with Crippen molar-refractivity contribution in [1.82, 2.24) is 19.3 Å². The molecule has 0 saturated heterocycles. The van der Waals surface area contributed by atoms with Gasteiger partial charge in [0.1, 0.15) is 5.56 Å². The summed E-state index contributed by atoms with van der Waals surface area (Å²) >= 11 is 0. The van der Waals surface area contributed by atoms with E-state index in [-0.39, 0.29) is 20.8 Å². The molecule has 6 N–H and O–H groups in total. The van der Waals surface area contributed by atoms with Crippen LogP contribution in [0.3, 0.4) is 0 Å². The highest BCUT2D eigenvalue weighted by Gasteiger charge is 2.39. The predicted octanol–water partition coefficient (Wildman–Crippen LogP) is -0.0862. The van der Waals surface area contributed by atoms with Crippen LogP contribution in [-0.4, -0.2) is 53.6 Å². The Hall–Kier alpha value is -5.40. The van der Waals surface area contributed by atoms with Crippen molar-refractivity contribution < 1.29 is 48.1 Å². The van der Waals surface area contributed by atoms with E-state index in [4.69, 9.17) is 5.73 Å². The Labute approximate surface area is 248 Å². The van der Waals surface area contributed by atoms with Crippen molar-refractivity contribution >= 4 is 53.2 Å². The van der Waals surface area contributed by atoms with Gasteiger partial charge in [0, 0.05) is 11.8 Å². The Balaban J connectivity index is 0.000000251. The van der Waals surface area contributed by atoms with Crippen molar-refractivity contribution in [2.24, 2.45) is 0 Å². The maximum atomic E-state index is 12.9. The van der Waals surface area contributed by atoms with Crippen LogP contribution < -0.4 is 37.9 Å². The molecule has 4 aromatic rings. The fourth-order valence-corrected chi connectivity index (χ4v) is 4.65. The second kappa shape index (κ2) is 11.5. The van der Waals surface area contributed by atoms with Crippen molar-refractivity contribution in [2.45, 2.75) is 12.4 Å². The molecule has 0 saturated carbocycles.